The molecule has 3 amide bonds. The van der Waals surface area contributed by atoms with Gasteiger partial charge in [0.2, 0.25) is 0 Å². The number of hydrogen-bond acceptors (Lipinski definition) is 5. The lowest BCUT2D eigenvalue weighted by atomic mass is 9.94. The zero-order valence-electron chi connectivity index (χ0n) is 16.7. The van der Waals surface area contributed by atoms with Gasteiger partial charge in [-0.05, 0) is 43.7 Å². The van der Waals surface area contributed by atoms with Crippen molar-refractivity contribution in [1.82, 2.24) is 0 Å². The van der Waals surface area contributed by atoms with Crippen LogP contribution in [-0.4, -0.2) is 23.5 Å². The number of anilines is 2. The average molecular weight is 414 g/mol. The van der Waals surface area contributed by atoms with E-state index in [0.717, 1.165) is 4.90 Å². The first-order valence-electron chi connectivity index (χ1n) is 10.0. The van der Waals surface area contributed by atoms with Crippen molar-refractivity contribution >= 4 is 34.9 Å². The maximum absolute atomic E-state index is 12.8. The van der Waals surface area contributed by atoms with Crippen LogP contribution in [0.25, 0.3) is 0 Å². The van der Waals surface area contributed by atoms with Gasteiger partial charge in [0.25, 0.3) is 17.7 Å². The van der Waals surface area contributed by atoms with Crippen LogP contribution in [-0.2, 0) is 6.42 Å². The van der Waals surface area contributed by atoms with Gasteiger partial charge in [-0.2, -0.15) is 0 Å². The van der Waals surface area contributed by atoms with Gasteiger partial charge in [0.1, 0.15) is 5.76 Å². The van der Waals surface area contributed by atoms with E-state index in [1.165, 1.54) is 0 Å². The highest BCUT2D eigenvalue weighted by molar-refractivity contribution is 6.34. The highest BCUT2D eigenvalue weighted by Gasteiger charge is 2.36. The molecule has 0 fully saturated rings. The van der Waals surface area contributed by atoms with Crippen LogP contribution in [0.4, 0.5) is 11.4 Å². The Bertz CT molecular complexity index is 1250. The molecule has 0 bridgehead atoms. The van der Waals surface area contributed by atoms with E-state index >= 15 is 0 Å². The Morgan fingerprint density at radius 1 is 0.968 bits per heavy atom. The number of ketones is 1. The zero-order valence-corrected chi connectivity index (χ0v) is 16.7. The lowest BCUT2D eigenvalue weighted by Gasteiger charge is -2.15. The molecule has 1 N–H and O–H groups in total. The number of Topliss-reactive ketones (excluding diaryl/α,β-unsaturated/α-hetero) is 1. The maximum Gasteiger partial charge on any atom is 0.291 e. The fourth-order valence-corrected chi connectivity index (χ4v) is 4.20. The minimum Gasteiger partial charge on any atom is -0.455 e. The van der Waals surface area contributed by atoms with Gasteiger partial charge in [-0.3, -0.25) is 19.2 Å². The van der Waals surface area contributed by atoms with Gasteiger partial charge in [-0.15, -0.1) is 0 Å². The Hall–Kier alpha value is -4.00. The standard InChI is InChI=1S/C24H18N2O5/c1-13-20-18(27)10-5-11-19(20)31-21(13)22(28)25-14-6-4-7-15(12-14)26-23(29)16-8-2-3-9-17(16)24(26)30/h2-4,6-9,12H,5,10-11H2,1H3,(H,25,28). The first kappa shape index (κ1) is 19.0. The lowest BCUT2D eigenvalue weighted by Crippen LogP contribution is -2.29. The number of fused-ring (bicyclic) bond motifs is 2. The van der Waals surface area contributed by atoms with Crippen molar-refractivity contribution in [2.75, 3.05) is 10.2 Å². The number of furan rings is 1. The number of aryl methyl sites for hydroxylation is 1. The van der Waals surface area contributed by atoms with E-state index in [0.29, 0.717) is 58.7 Å². The van der Waals surface area contributed by atoms with E-state index < -0.39 is 17.7 Å². The van der Waals surface area contributed by atoms with E-state index in [2.05, 4.69) is 5.32 Å². The second kappa shape index (κ2) is 7.05. The minimum atomic E-state index is -0.487. The summed E-state index contributed by atoms with van der Waals surface area (Å²) in [7, 11) is 0. The Morgan fingerprint density at radius 3 is 2.35 bits per heavy atom. The number of carbonyl (C=O) groups excluding carboxylic acids is 4. The quantitative estimate of drug-likeness (QED) is 0.649. The number of nitrogens with zero attached hydrogens (tertiary/aromatic N) is 1. The molecule has 0 saturated carbocycles. The molecule has 0 saturated heterocycles. The Balaban J connectivity index is 1.42. The van der Waals surface area contributed by atoms with E-state index in [4.69, 9.17) is 4.42 Å². The summed E-state index contributed by atoms with van der Waals surface area (Å²) in [6.07, 6.45) is 1.79. The van der Waals surface area contributed by atoms with Gasteiger partial charge in [-0.25, -0.2) is 4.90 Å². The summed E-state index contributed by atoms with van der Waals surface area (Å²) in [4.78, 5) is 51.6. The van der Waals surface area contributed by atoms with Gasteiger partial charge in [-0.1, -0.05) is 18.2 Å². The number of rotatable bonds is 3. The predicted molar refractivity (Wildman–Crippen MR) is 113 cm³/mol. The summed E-state index contributed by atoms with van der Waals surface area (Å²) in [5.74, 6) is -0.646. The van der Waals surface area contributed by atoms with Crippen molar-refractivity contribution in [3.8, 4) is 0 Å². The Kier molecular flexibility index (Phi) is 4.32. The molecule has 2 aliphatic rings. The molecule has 154 valence electrons. The number of benzene rings is 2. The summed E-state index contributed by atoms with van der Waals surface area (Å²) in [6.45, 7) is 1.70. The molecule has 7 heteroatoms. The lowest BCUT2D eigenvalue weighted by molar-refractivity contribution is 0.0922. The fraction of sp³-hybridized carbons (Fsp3) is 0.167. The van der Waals surface area contributed by atoms with Crippen LogP contribution < -0.4 is 10.2 Å². The highest BCUT2D eigenvalue weighted by atomic mass is 16.4. The third-order valence-corrected chi connectivity index (χ3v) is 5.67. The van der Waals surface area contributed by atoms with Crippen LogP contribution >= 0.6 is 0 Å². The normalized spacial score (nSPS) is 15.1. The van der Waals surface area contributed by atoms with E-state index in [1.54, 1.807) is 55.5 Å². The van der Waals surface area contributed by atoms with E-state index in [1.807, 2.05) is 0 Å². The smallest absolute Gasteiger partial charge is 0.291 e. The Labute approximate surface area is 177 Å². The van der Waals surface area contributed by atoms with Gasteiger partial charge < -0.3 is 9.73 Å². The van der Waals surface area contributed by atoms with Gasteiger partial charge in [0.15, 0.2) is 11.5 Å². The molecule has 2 heterocycles. The van der Waals surface area contributed by atoms with Crippen molar-refractivity contribution in [2.24, 2.45) is 0 Å². The van der Waals surface area contributed by atoms with E-state index in [-0.39, 0.29) is 11.5 Å². The van der Waals surface area contributed by atoms with Crippen LogP contribution in [0, 0.1) is 6.92 Å². The number of amides is 3. The van der Waals surface area contributed by atoms with Gasteiger partial charge in [0, 0.05) is 24.1 Å². The fourth-order valence-electron chi connectivity index (χ4n) is 4.20. The first-order chi connectivity index (χ1) is 15.0. The molecule has 3 aromatic rings. The zero-order chi connectivity index (χ0) is 21.7. The molecule has 2 aromatic carbocycles. The van der Waals surface area contributed by atoms with Crippen LogP contribution in [0.5, 0.6) is 0 Å². The van der Waals surface area contributed by atoms with Crippen molar-refractivity contribution in [3.05, 3.63) is 82.3 Å². The third-order valence-electron chi connectivity index (χ3n) is 5.67. The second-order valence-corrected chi connectivity index (χ2v) is 7.63. The molecular formula is C24H18N2O5. The third kappa shape index (κ3) is 2.97. The van der Waals surface area contributed by atoms with E-state index in [9.17, 15) is 19.2 Å². The maximum atomic E-state index is 12.8. The van der Waals surface area contributed by atoms with Crippen molar-refractivity contribution in [1.29, 1.82) is 0 Å². The van der Waals surface area contributed by atoms with Gasteiger partial charge in [0.05, 0.1) is 22.4 Å². The van der Waals surface area contributed by atoms with Crippen molar-refractivity contribution in [2.45, 2.75) is 26.2 Å². The van der Waals surface area contributed by atoms with Crippen LogP contribution in [0.1, 0.15) is 65.8 Å². The predicted octanol–water partition coefficient (Wildman–Crippen LogP) is 4.16. The average Bonchev–Trinajstić information content (AvgIpc) is 3.24. The molecule has 0 spiro atoms. The van der Waals surface area contributed by atoms with Crippen molar-refractivity contribution in [3.63, 3.8) is 0 Å². The molecule has 31 heavy (non-hydrogen) atoms. The number of hydrogen-bond donors (Lipinski definition) is 1. The molecule has 1 aliphatic heterocycles. The molecular weight excluding hydrogens is 396 g/mol. The summed E-state index contributed by atoms with van der Waals surface area (Å²) >= 11 is 0. The van der Waals surface area contributed by atoms with Crippen LogP contribution in [0.3, 0.4) is 0 Å². The number of carbonyl (C=O) groups is 4. The molecule has 7 nitrogen and oxygen atoms in total. The Morgan fingerprint density at radius 2 is 1.68 bits per heavy atom. The largest absolute Gasteiger partial charge is 0.455 e. The SMILES string of the molecule is Cc1c(C(=O)Nc2cccc(N3C(=O)c4ccccc4C3=O)c2)oc2c1C(=O)CCC2. The number of imide groups is 1. The number of nitrogens with one attached hydrogen (secondary N) is 1. The molecule has 1 aromatic heterocycles. The summed E-state index contributed by atoms with van der Waals surface area (Å²) in [6, 6.07) is 13.1. The van der Waals surface area contributed by atoms with Crippen molar-refractivity contribution < 1.29 is 23.6 Å². The summed E-state index contributed by atoms with van der Waals surface area (Å²) in [5, 5.41) is 2.74. The van der Waals surface area contributed by atoms with Crippen LogP contribution in [0.2, 0.25) is 0 Å². The molecule has 0 radical (unpaired) electrons. The topological polar surface area (TPSA) is 96.7 Å². The van der Waals surface area contributed by atoms with Crippen LogP contribution in [0.15, 0.2) is 52.9 Å². The summed E-state index contributed by atoms with van der Waals surface area (Å²) in [5.41, 5.74) is 2.51. The second-order valence-electron chi connectivity index (χ2n) is 7.63. The van der Waals surface area contributed by atoms with Gasteiger partial charge >= 0.3 is 0 Å². The minimum absolute atomic E-state index is 0.00540. The highest BCUT2D eigenvalue weighted by Crippen LogP contribution is 2.32. The molecule has 5 rings (SSSR count). The first-order valence-corrected chi connectivity index (χ1v) is 10.0. The molecule has 1 aliphatic carbocycles. The molecule has 0 unspecified atom stereocenters. The summed E-state index contributed by atoms with van der Waals surface area (Å²) < 4.78 is 5.70. The monoisotopic (exact) mass is 414 g/mol. The molecule has 0 atom stereocenters.